The van der Waals surface area contributed by atoms with Crippen LogP contribution in [-0.2, 0) is 14.8 Å². The Labute approximate surface area is 110 Å². The van der Waals surface area contributed by atoms with Crippen molar-refractivity contribution in [2.24, 2.45) is 0 Å². The molecule has 5 nitrogen and oxygen atoms in total. The largest absolute Gasteiger partial charge is 0.349 e. The van der Waals surface area contributed by atoms with Crippen LogP contribution in [0.5, 0.6) is 0 Å². The lowest BCUT2D eigenvalue weighted by Crippen LogP contribution is -2.44. The molecular weight excluding hydrogens is 272 g/mol. The van der Waals surface area contributed by atoms with Gasteiger partial charge in [0.05, 0.1) is 5.54 Å². The number of thiophene rings is 1. The second kappa shape index (κ2) is 4.04. The second-order valence-electron chi connectivity index (χ2n) is 4.85. The van der Waals surface area contributed by atoms with Crippen LogP contribution in [0.4, 0.5) is 0 Å². The summed E-state index contributed by atoms with van der Waals surface area (Å²) in [7, 11) is -3.38. The van der Waals surface area contributed by atoms with Crippen LogP contribution in [0.25, 0.3) is 0 Å². The molecule has 1 aromatic rings. The first kappa shape index (κ1) is 12.1. The highest BCUT2D eigenvalue weighted by atomic mass is 32.2. The van der Waals surface area contributed by atoms with Crippen LogP contribution in [0, 0.1) is 0 Å². The van der Waals surface area contributed by atoms with Crippen molar-refractivity contribution in [1.29, 1.82) is 0 Å². The van der Waals surface area contributed by atoms with Gasteiger partial charge in [-0.2, -0.15) is 4.31 Å². The van der Waals surface area contributed by atoms with E-state index in [-0.39, 0.29) is 11.4 Å². The van der Waals surface area contributed by atoms with Gasteiger partial charge in [0.25, 0.3) is 10.0 Å². The second-order valence-corrected chi connectivity index (χ2v) is 7.96. The molecule has 18 heavy (non-hydrogen) atoms. The average Bonchev–Trinajstić information content (AvgIpc) is 3.03. The fourth-order valence-corrected chi connectivity index (χ4v) is 5.33. The molecule has 2 saturated heterocycles. The van der Waals surface area contributed by atoms with Crippen LogP contribution in [0.3, 0.4) is 0 Å². The van der Waals surface area contributed by atoms with Crippen molar-refractivity contribution in [3.05, 3.63) is 17.5 Å². The first-order valence-electron chi connectivity index (χ1n) is 5.87. The van der Waals surface area contributed by atoms with E-state index in [0.29, 0.717) is 30.1 Å². The molecule has 2 fully saturated rings. The number of hydrogen-bond acceptors (Lipinski definition) is 4. The van der Waals surface area contributed by atoms with E-state index in [0.717, 1.165) is 6.42 Å². The first-order chi connectivity index (χ1) is 8.52. The maximum atomic E-state index is 12.3. The molecule has 1 spiro atoms. The Morgan fingerprint density at radius 2 is 2.22 bits per heavy atom. The van der Waals surface area contributed by atoms with Gasteiger partial charge in [-0.3, -0.25) is 4.79 Å². The molecule has 1 atom stereocenters. The lowest BCUT2D eigenvalue weighted by molar-refractivity contribution is -0.119. The molecule has 0 aliphatic carbocycles. The SMILES string of the molecule is O=C1CCC2(CCN(S(=O)(=O)c3cccs3)C2)N1. The summed E-state index contributed by atoms with van der Waals surface area (Å²) in [6, 6.07) is 3.36. The molecule has 7 heteroatoms. The third-order valence-corrected chi connectivity index (χ3v) is 6.86. The summed E-state index contributed by atoms with van der Waals surface area (Å²) >= 11 is 1.23. The normalized spacial score (nSPS) is 29.0. The third-order valence-electron chi connectivity index (χ3n) is 3.64. The van der Waals surface area contributed by atoms with Gasteiger partial charge in [0, 0.05) is 19.5 Å². The monoisotopic (exact) mass is 286 g/mol. The summed E-state index contributed by atoms with van der Waals surface area (Å²) in [5.41, 5.74) is -0.318. The third kappa shape index (κ3) is 1.86. The van der Waals surface area contributed by atoms with Crippen molar-refractivity contribution in [2.75, 3.05) is 13.1 Å². The summed E-state index contributed by atoms with van der Waals surface area (Å²) in [4.78, 5) is 11.3. The van der Waals surface area contributed by atoms with Crippen molar-refractivity contribution < 1.29 is 13.2 Å². The van der Waals surface area contributed by atoms with Crippen LogP contribution in [-0.4, -0.2) is 37.3 Å². The van der Waals surface area contributed by atoms with Gasteiger partial charge in [-0.05, 0) is 24.3 Å². The Morgan fingerprint density at radius 3 is 2.83 bits per heavy atom. The molecular formula is C11H14N2O3S2. The van der Waals surface area contributed by atoms with E-state index in [1.807, 2.05) is 0 Å². The maximum Gasteiger partial charge on any atom is 0.252 e. The van der Waals surface area contributed by atoms with Gasteiger partial charge >= 0.3 is 0 Å². The van der Waals surface area contributed by atoms with Gasteiger partial charge in [-0.1, -0.05) is 6.07 Å². The van der Waals surface area contributed by atoms with Crippen molar-refractivity contribution in [3.63, 3.8) is 0 Å². The molecule has 3 heterocycles. The average molecular weight is 286 g/mol. The maximum absolute atomic E-state index is 12.3. The number of nitrogens with one attached hydrogen (secondary N) is 1. The summed E-state index contributed by atoms with van der Waals surface area (Å²) in [5, 5.41) is 4.69. The van der Waals surface area contributed by atoms with E-state index in [2.05, 4.69) is 5.32 Å². The highest BCUT2D eigenvalue weighted by Crippen LogP contribution is 2.34. The van der Waals surface area contributed by atoms with E-state index in [1.165, 1.54) is 15.6 Å². The Balaban J connectivity index is 1.83. The molecule has 3 rings (SSSR count). The molecule has 1 amide bonds. The summed E-state index contributed by atoms with van der Waals surface area (Å²) < 4.78 is 26.6. The minimum Gasteiger partial charge on any atom is -0.349 e. The van der Waals surface area contributed by atoms with Crippen LogP contribution in [0.1, 0.15) is 19.3 Å². The topological polar surface area (TPSA) is 66.5 Å². The number of sulfonamides is 1. The van der Waals surface area contributed by atoms with E-state index >= 15 is 0 Å². The molecule has 98 valence electrons. The summed E-state index contributed by atoms with van der Waals surface area (Å²) in [6.45, 7) is 0.888. The predicted octanol–water partition coefficient (Wildman–Crippen LogP) is 0.791. The van der Waals surface area contributed by atoms with E-state index in [1.54, 1.807) is 17.5 Å². The molecule has 0 bridgehead atoms. The molecule has 2 aliphatic heterocycles. The molecule has 2 aliphatic rings. The number of rotatable bonds is 2. The van der Waals surface area contributed by atoms with Gasteiger partial charge in [0.1, 0.15) is 4.21 Å². The zero-order valence-electron chi connectivity index (χ0n) is 9.76. The van der Waals surface area contributed by atoms with Crippen LogP contribution >= 0.6 is 11.3 Å². The predicted molar refractivity (Wildman–Crippen MR) is 67.8 cm³/mol. The van der Waals surface area contributed by atoms with Gasteiger partial charge in [0.2, 0.25) is 5.91 Å². The highest BCUT2D eigenvalue weighted by molar-refractivity contribution is 7.91. The highest BCUT2D eigenvalue weighted by Gasteiger charge is 2.46. The van der Waals surface area contributed by atoms with E-state index in [4.69, 9.17) is 0 Å². The van der Waals surface area contributed by atoms with Crippen LogP contribution < -0.4 is 5.32 Å². The molecule has 0 radical (unpaired) electrons. The number of hydrogen-bond donors (Lipinski definition) is 1. The summed E-state index contributed by atoms with van der Waals surface area (Å²) in [5.74, 6) is 0.0328. The standard InChI is InChI=1S/C11H14N2O3S2/c14-9-3-4-11(12-9)5-6-13(8-11)18(15,16)10-2-1-7-17-10/h1-2,7H,3-6,8H2,(H,12,14). The van der Waals surface area contributed by atoms with Gasteiger partial charge in [0.15, 0.2) is 0 Å². The number of carbonyl (C=O) groups is 1. The zero-order valence-corrected chi connectivity index (χ0v) is 11.4. The molecule has 1 aromatic heterocycles. The van der Waals surface area contributed by atoms with Crippen molar-refractivity contribution in [3.8, 4) is 0 Å². The Bertz CT molecular complexity index is 567. The Kier molecular flexibility index (Phi) is 2.72. The first-order valence-corrected chi connectivity index (χ1v) is 8.19. The molecule has 1 N–H and O–H groups in total. The Morgan fingerprint density at radius 1 is 1.39 bits per heavy atom. The molecule has 0 aromatic carbocycles. The van der Waals surface area contributed by atoms with Crippen LogP contribution in [0.15, 0.2) is 21.7 Å². The molecule has 0 saturated carbocycles. The van der Waals surface area contributed by atoms with Gasteiger partial charge in [-0.15, -0.1) is 11.3 Å². The van der Waals surface area contributed by atoms with Crippen molar-refractivity contribution in [1.82, 2.24) is 9.62 Å². The van der Waals surface area contributed by atoms with Crippen molar-refractivity contribution in [2.45, 2.75) is 29.0 Å². The zero-order chi connectivity index (χ0) is 12.8. The number of nitrogens with zero attached hydrogens (tertiary/aromatic N) is 1. The summed E-state index contributed by atoms with van der Waals surface area (Å²) in [6.07, 6.45) is 1.96. The van der Waals surface area contributed by atoms with Gasteiger partial charge in [-0.25, -0.2) is 8.42 Å². The van der Waals surface area contributed by atoms with Crippen LogP contribution in [0.2, 0.25) is 0 Å². The fourth-order valence-electron chi connectivity index (χ4n) is 2.66. The fraction of sp³-hybridized carbons (Fsp3) is 0.545. The van der Waals surface area contributed by atoms with Crippen molar-refractivity contribution >= 4 is 27.3 Å². The lowest BCUT2D eigenvalue weighted by Gasteiger charge is -2.23. The quantitative estimate of drug-likeness (QED) is 0.874. The minimum atomic E-state index is -3.38. The van der Waals surface area contributed by atoms with E-state index < -0.39 is 10.0 Å². The number of amides is 1. The number of carbonyl (C=O) groups excluding carboxylic acids is 1. The minimum absolute atomic E-state index is 0.0328. The lowest BCUT2D eigenvalue weighted by atomic mass is 9.97. The molecule has 1 unspecified atom stereocenters. The van der Waals surface area contributed by atoms with Gasteiger partial charge < -0.3 is 5.32 Å². The smallest absolute Gasteiger partial charge is 0.252 e. The Hall–Kier alpha value is -0.920. The van der Waals surface area contributed by atoms with E-state index in [9.17, 15) is 13.2 Å².